The van der Waals surface area contributed by atoms with Crippen LogP contribution in [0.1, 0.15) is 24.8 Å². The molecule has 0 spiro atoms. The highest BCUT2D eigenvalue weighted by Gasteiger charge is 2.50. The molecule has 0 heterocycles. The van der Waals surface area contributed by atoms with Gasteiger partial charge in [-0.05, 0) is 36.3 Å². The average Bonchev–Trinajstić information content (AvgIpc) is 3.16. The largest absolute Gasteiger partial charge is 0.490 e. The van der Waals surface area contributed by atoms with Gasteiger partial charge in [0, 0.05) is 12.5 Å². The maximum absolute atomic E-state index is 12.4. The molecule has 120 valence electrons. The molecule has 1 aromatic rings. The highest BCUT2D eigenvalue weighted by atomic mass is 19.4. The molecule has 1 aliphatic carbocycles. The Kier molecular flexibility index (Phi) is 4.12. The first-order valence-corrected chi connectivity index (χ1v) is 6.58. The number of rotatable bonds is 6. The quantitative estimate of drug-likeness (QED) is 0.595. The number of ether oxygens (including phenoxy) is 1. The van der Waals surface area contributed by atoms with Crippen molar-refractivity contribution in [2.24, 2.45) is 5.41 Å². The van der Waals surface area contributed by atoms with Crippen molar-refractivity contribution in [2.75, 3.05) is 7.11 Å². The molecule has 0 unspecified atom stereocenters. The lowest BCUT2D eigenvalue weighted by molar-refractivity contribution is -0.385. The van der Waals surface area contributed by atoms with Gasteiger partial charge >= 0.3 is 11.9 Å². The van der Waals surface area contributed by atoms with E-state index in [9.17, 15) is 28.1 Å². The molecule has 5 nitrogen and oxygen atoms in total. The second-order valence-electron chi connectivity index (χ2n) is 5.54. The molecule has 1 aliphatic rings. The Bertz CT molecular complexity index is 609. The molecule has 0 amide bonds. The van der Waals surface area contributed by atoms with Gasteiger partial charge in [0.05, 0.1) is 12.0 Å². The van der Waals surface area contributed by atoms with Gasteiger partial charge < -0.3 is 4.74 Å². The summed E-state index contributed by atoms with van der Waals surface area (Å²) in [6.45, 7) is 0. The van der Waals surface area contributed by atoms with Crippen LogP contribution in [0, 0.1) is 15.5 Å². The van der Waals surface area contributed by atoms with Crippen LogP contribution in [-0.2, 0) is 11.2 Å². The molecule has 8 heteroatoms. The number of benzene rings is 1. The second-order valence-corrected chi connectivity index (χ2v) is 5.54. The molecule has 0 atom stereocenters. The van der Waals surface area contributed by atoms with E-state index in [1.54, 1.807) is 6.07 Å². The molecule has 0 saturated heterocycles. The van der Waals surface area contributed by atoms with Gasteiger partial charge in [0.25, 0.3) is 0 Å². The molecule has 1 saturated carbocycles. The van der Waals surface area contributed by atoms with Gasteiger partial charge in [0.15, 0.2) is 5.75 Å². The van der Waals surface area contributed by atoms with Gasteiger partial charge in [-0.3, -0.25) is 14.9 Å². The summed E-state index contributed by atoms with van der Waals surface area (Å²) in [6, 6.07) is 4.27. The first-order valence-electron chi connectivity index (χ1n) is 6.58. The van der Waals surface area contributed by atoms with Crippen LogP contribution in [-0.4, -0.2) is 24.0 Å². The van der Waals surface area contributed by atoms with Gasteiger partial charge in [-0.2, -0.15) is 13.2 Å². The molecular formula is C14H14F3NO4. The van der Waals surface area contributed by atoms with Gasteiger partial charge in [0.2, 0.25) is 5.78 Å². The monoisotopic (exact) mass is 317 g/mol. The highest BCUT2D eigenvalue weighted by Crippen LogP contribution is 2.52. The minimum Gasteiger partial charge on any atom is -0.490 e. The van der Waals surface area contributed by atoms with Crippen molar-refractivity contribution in [1.82, 2.24) is 0 Å². The minimum atomic E-state index is -4.83. The summed E-state index contributed by atoms with van der Waals surface area (Å²) in [5.41, 5.74) is -0.437. The summed E-state index contributed by atoms with van der Waals surface area (Å²) < 4.78 is 42.0. The van der Waals surface area contributed by atoms with Crippen LogP contribution in [0.5, 0.6) is 5.75 Å². The van der Waals surface area contributed by atoms with Crippen LogP contribution in [0.25, 0.3) is 0 Å². The van der Waals surface area contributed by atoms with Crippen molar-refractivity contribution in [3.05, 3.63) is 33.9 Å². The van der Waals surface area contributed by atoms with E-state index in [2.05, 4.69) is 0 Å². The fourth-order valence-electron chi connectivity index (χ4n) is 2.45. The van der Waals surface area contributed by atoms with Crippen molar-refractivity contribution in [3.63, 3.8) is 0 Å². The molecule has 2 rings (SSSR count). The van der Waals surface area contributed by atoms with Crippen molar-refractivity contribution < 1.29 is 27.6 Å². The molecule has 1 fully saturated rings. The van der Waals surface area contributed by atoms with Crippen LogP contribution in [0.2, 0.25) is 0 Å². The second kappa shape index (κ2) is 5.58. The number of alkyl halides is 3. The standard InChI is InChI=1S/C14H14F3NO4/c1-22-11-3-2-9(6-10(11)18(20)21)7-13(4-5-13)8-12(19)14(15,16)17/h2-3,6H,4-5,7-8H2,1H3. The molecule has 22 heavy (non-hydrogen) atoms. The van der Waals surface area contributed by atoms with E-state index in [1.807, 2.05) is 0 Å². The number of halogens is 3. The lowest BCUT2D eigenvalue weighted by atomic mass is 9.91. The Morgan fingerprint density at radius 1 is 1.41 bits per heavy atom. The summed E-state index contributed by atoms with van der Waals surface area (Å²) in [4.78, 5) is 21.5. The molecule has 0 aromatic heterocycles. The van der Waals surface area contributed by atoms with Crippen molar-refractivity contribution in [2.45, 2.75) is 31.9 Å². The number of nitro groups is 1. The van der Waals surface area contributed by atoms with E-state index in [-0.39, 0.29) is 17.9 Å². The van der Waals surface area contributed by atoms with Gasteiger partial charge in [0.1, 0.15) is 0 Å². The van der Waals surface area contributed by atoms with Crippen LogP contribution in [0.4, 0.5) is 18.9 Å². The third-order valence-corrected chi connectivity index (χ3v) is 3.83. The zero-order valence-electron chi connectivity index (χ0n) is 11.8. The minimum absolute atomic E-state index is 0.0879. The summed E-state index contributed by atoms with van der Waals surface area (Å²) in [5, 5.41) is 10.9. The first kappa shape index (κ1) is 16.3. The molecule has 0 radical (unpaired) electrons. The van der Waals surface area contributed by atoms with E-state index in [4.69, 9.17) is 4.74 Å². The number of hydrogen-bond acceptors (Lipinski definition) is 4. The van der Waals surface area contributed by atoms with E-state index in [0.29, 0.717) is 18.4 Å². The number of ketones is 1. The fraction of sp³-hybridized carbons (Fsp3) is 0.500. The number of Topliss-reactive ketones (excluding diaryl/α,β-unsaturated/α-hetero) is 1. The number of nitro benzene ring substituents is 1. The number of hydrogen-bond donors (Lipinski definition) is 0. The van der Waals surface area contributed by atoms with Crippen molar-refractivity contribution in [3.8, 4) is 5.75 Å². The lowest BCUT2D eigenvalue weighted by Crippen LogP contribution is -2.26. The number of carbonyl (C=O) groups is 1. The third kappa shape index (κ3) is 3.55. The maximum Gasteiger partial charge on any atom is 0.449 e. The SMILES string of the molecule is COc1ccc(CC2(CC(=O)C(F)(F)F)CC2)cc1[N+](=O)[O-]. The summed E-state index contributed by atoms with van der Waals surface area (Å²) in [6.07, 6.45) is -4.18. The average molecular weight is 317 g/mol. The summed E-state index contributed by atoms with van der Waals surface area (Å²) in [7, 11) is 1.30. The maximum atomic E-state index is 12.4. The molecule has 0 N–H and O–H groups in total. The Balaban J connectivity index is 2.15. The molecule has 0 aliphatic heterocycles. The Morgan fingerprint density at radius 3 is 2.50 bits per heavy atom. The predicted octanol–water partition coefficient (Wildman–Crippen LogP) is 3.45. The van der Waals surface area contributed by atoms with Crippen LogP contribution in [0.3, 0.4) is 0 Å². The normalized spacial score (nSPS) is 16.2. The lowest BCUT2D eigenvalue weighted by Gasteiger charge is -2.15. The Hall–Kier alpha value is -2.12. The van der Waals surface area contributed by atoms with Crippen LogP contribution in [0.15, 0.2) is 18.2 Å². The van der Waals surface area contributed by atoms with Crippen LogP contribution < -0.4 is 4.74 Å². The molecular weight excluding hydrogens is 303 g/mol. The van der Waals surface area contributed by atoms with Crippen molar-refractivity contribution >= 4 is 11.5 Å². The number of methoxy groups -OCH3 is 1. The van der Waals surface area contributed by atoms with E-state index >= 15 is 0 Å². The third-order valence-electron chi connectivity index (χ3n) is 3.83. The van der Waals surface area contributed by atoms with E-state index < -0.39 is 28.7 Å². The van der Waals surface area contributed by atoms with Gasteiger partial charge in [-0.1, -0.05) is 6.07 Å². The highest BCUT2D eigenvalue weighted by molar-refractivity contribution is 5.85. The first-order chi connectivity index (χ1) is 10.2. The number of carbonyl (C=O) groups excluding carboxylic acids is 1. The Labute approximate surface area is 124 Å². The van der Waals surface area contributed by atoms with E-state index in [0.717, 1.165) is 0 Å². The topological polar surface area (TPSA) is 69.4 Å². The summed E-state index contributed by atoms with van der Waals surface area (Å²) >= 11 is 0. The molecule has 1 aromatic carbocycles. The zero-order chi connectivity index (χ0) is 16.5. The van der Waals surface area contributed by atoms with Gasteiger partial charge in [-0.15, -0.1) is 0 Å². The van der Waals surface area contributed by atoms with Gasteiger partial charge in [-0.25, -0.2) is 0 Å². The smallest absolute Gasteiger partial charge is 0.449 e. The predicted molar refractivity (Wildman–Crippen MR) is 70.7 cm³/mol. The summed E-state index contributed by atoms with van der Waals surface area (Å²) in [5.74, 6) is -1.65. The van der Waals surface area contributed by atoms with Crippen LogP contribution >= 0.6 is 0 Å². The fourth-order valence-corrected chi connectivity index (χ4v) is 2.45. The van der Waals surface area contributed by atoms with Crippen molar-refractivity contribution in [1.29, 1.82) is 0 Å². The number of nitrogens with zero attached hydrogens (tertiary/aromatic N) is 1. The van der Waals surface area contributed by atoms with E-state index in [1.165, 1.54) is 19.2 Å². The zero-order valence-corrected chi connectivity index (χ0v) is 11.8. The molecule has 0 bridgehead atoms. The Morgan fingerprint density at radius 2 is 2.05 bits per heavy atom.